The van der Waals surface area contributed by atoms with Crippen LogP contribution >= 0.6 is 11.6 Å². The van der Waals surface area contributed by atoms with Crippen LogP contribution in [0.3, 0.4) is 0 Å². The van der Waals surface area contributed by atoms with Crippen LogP contribution in [0.4, 0.5) is 13.2 Å². The molecule has 1 aliphatic heterocycles. The van der Waals surface area contributed by atoms with E-state index in [1.807, 2.05) is 36.4 Å². The van der Waals surface area contributed by atoms with E-state index < -0.39 is 11.7 Å². The molecule has 1 atom stereocenters. The predicted molar refractivity (Wildman–Crippen MR) is 118 cm³/mol. The Balaban J connectivity index is 1.74. The maximum absolute atomic E-state index is 13.0. The van der Waals surface area contributed by atoms with E-state index in [-0.39, 0.29) is 6.04 Å². The Morgan fingerprint density at radius 2 is 1.66 bits per heavy atom. The molecule has 4 rings (SSSR count). The molecule has 1 aliphatic rings. The van der Waals surface area contributed by atoms with Crippen molar-refractivity contribution in [1.82, 2.24) is 4.90 Å². The summed E-state index contributed by atoms with van der Waals surface area (Å²) in [5.74, 6) is 1.31. The molecule has 3 nitrogen and oxygen atoms in total. The van der Waals surface area contributed by atoms with Gasteiger partial charge in [-0.05, 0) is 65.1 Å². The third-order valence-electron chi connectivity index (χ3n) is 5.80. The standard InChI is InChI=1S/C25H23ClF3NO2/c1-31-22-13-17-10-11-30(15-16-6-8-19(9-7-16)25(27,28)29)24(21(17)14-23(22)32-2)18-4-3-5-20(26)12-18/h3-9,12-14,24H,10-11,15H2,1-2H3/t24-/m0/s1. The Hall–Kier alpha value is -2.70. The normalized spacial score (nSPS) is 16.5. The zero-order valence-electron chi connectivity index (χ0n) is 17.7. The minimum absolute atomic E-state index is 0.125. The highest BCUT2D eigenvalue weighted by Crippen LogP contribution is 2.42. The van der Waals surface area contributed by atoms with E-state index >= 15 is 0 Å². The molecule has 32 heavy (non-hydrogen) atoms. The van der Waals surface area contributed by atoms with E-state index in [4.69, 9.17) is 21.1 Å². The first-order valence-electron chi connectivity index (χ1n) is 10.2. The summed E-state index contributed by atoms with van der Waals surface area (Å²) in [6.45, 7) is 1.24. The lowest BCUT2D eigenvalue weighted by Gasteiger charge is -2.38. The van der Waals surface area contributed by atoms with Gasteiger partial charge in [-0.15, -0.1) is 0 Å². The molecule has 1 heterocycles. The lowest BCUT2D eigenvalue weighted by Crippen LogP contribution is -2.35. The maximum atomic E-state index is 13.0. The van der Waals surface area contributed by atoms with Gasteiger partial charge in [-0.3, -0.25) is 4.90 Å². The van der Waals surface area contributed by atoms with Crippen molar-refractivity contribution in [3.8, 4) is 11.5 Å². The van der Waals surface area contributed by atoms with Gasteiger partial charge in [0.05, 0.1) is 25.8 Å². The molecule has 168 valence electrons. The van der Waals surface area contributed by atoms with Crippen LogP contribution in [0.2, 0.25) is 5.02 Å². The molecule has 0 N–H and O–H groups in total. The molecule has 0 fully saturated rings. The summed E-state index contributed by atoms with van der Waals surface area (Å²) < 4.78 is 49.9. The maximum Gasteiger partial charge on any atom is 0.416 e. The van der Waals surface area contributed by atoms with Gasteiger partial charge in [-0.25, -0.2) is 0 Å². The molecule has 0 amide bonds. The topological polar surface area (TPSA) is 21.7 Å². The smallest absolute Gasteiger partial charge is 0.416 e. The molecular formula is C25H23ClF3NO2. The molecule has 3 aromatic carbocycles. The molecule has 0 aliphatic carbocycles. The van der Waals surface area contributed by atoms with Crippen LogP contribution in [0.5, 0.6) is 11.5 Å². The minimum atomic E-state index is -4.35. The summed E-state index contributed by atoms with van der Waals surface area (Å²) in [5, 5.41) is 0.629. The number of ether oxygens (including phenoxy) is 2. The van der Waals surface area contributed by atoms with E-state index in [2.05, 4.69) is 4.90 Å². The van der Waals surface area contributed by atoms with Crippen LogP contribution in [0, 0.1) is 0 Å². The number of halogens is 4. The van der Waals surface area contributed by atoms with Crippen molar-refractivity contribution < 1.29 is 22.6 Å². The number of benzene rings is 3. The Morgan fingerprint density at radius 1 is 0.969 bits per heavy atom. The third kappa shape index (κ3) is 4.57. The summed E-state index contributed by atoms with van der Waals surface area (Å²) in [5.41, 5.74) is 3.40. The highest BCUT2D eigenvalue weighted by atomic mass is 35.5. The van der Waals surface area contributed by atoms with Gasteiger partial charge in [0.2, 0.25) is 0 Å². The largest absolute Gasteiger partial charge is 0.493 e. The second-order valence-corrected chi connectivity index (χ2v) is 8.22. The average molecular weight is 462 g/mol. The van der Waals surface area contributed by atoms with E-state index in [0.29, 0.717) is 23.1 Å². The van der Waals surface area contributed by atoms with E-state index in [0.717, 1.165) is 47.4 Å². The fourth-order valence-electron chi connectivity index (χ4n) is 4.27. The van der Waals surface area contributed by atoms with Crippen molar-refractivity contribution in [2.75, 3.05) is 20.8 Å². The van der Waals surface area contributed by atoms with Crippen LogP contribution in [0.1, 0.15) is 33.9 Å². The summed E-state index contributed by atoms with van der Waals surface area (Å²) >= 11 is 6.30. The number of hydrogen-bond acceptors (Lipinski definition) is 3. The van der Waals surface area contributed by atoms with Gasteiger partial charge in [-0.2, -0.15) is 13.2 Å². The fraction of sp³-hybridized carbons (Fsp3) is 0.280. The summed E-state index contributed by atoms with van der Waals surface area (Å²) in [6, 6.07) is 16.9. The molecule has 0 unspecified atom stereocenters. The van der Waals surface area contributed by atoms with Crippen molar-refractivity contribution >= 4 is 11.6 Å². The predicted octanol–water partition coefficient (Wildman–Crippen LogP) is 6.52. The van der Waals surface area contributed by atoms with Crippen LogP contribution in [-0.4, -0.2) is 25.7 Å². The van der Waals surface area contributed by atoms with Crippen molar-refractivity contribution in [2.45, 2.75) is 25.2 Å². The number of hydrogen-bond donors (Lipinski definition) is 0. The zero-order valence-corrected chi connectivity index (χ0v) is 18.5. The quantitative estimate of drug-likeness (QED) is 0.431. The van der Waals surface area contributed by atoms with E-state index in [1.54, 1.807) is 26.4 Å². The Kier molecular flexibility index (Phi) is 6.35. The summed E-state index contributed by atoms with van der Waals surface area (Å²) in [6.07, 6.45) is -3.56. The molecular weight excluding hydrogens is 439 g/mol. The SMILES string of the molecule is COc1cc2c(cc1OC)[C@H](c1cccc(Cl)c1)N(Cc1ccc(C(F)(F)F)cc1)CC2. The number of nitrogens with zero attached hydrogens (tertiary/aromatic N) is 1. The highest BCUT2D eigenvalue weighted by molar-refractivity contribution is 6.30. The van der Waals surface area contributed by atoms with E-state index in [9.17, 15) is 13.2 Å². The van der Waals surface area contributed by atoms with E-state index in [1.165, 1.54) is 0 Å². The van der Waals surface area contributed by atoms with Crippen LogP contribution in [0.15, 0.2) is 60.7 Å². The zero-order chi connectivity index (χ0) is 22.9. The van der Waals surface area contributed by atoms with Gasteiger partial charge < -0.3 is 9.47 Å². The van der Waals surface area contributed by atoms with Crippen molar-refractivity contribution in [3.05, 3.63) is 93.5 Å². The van der Waals surface area contributed by atoms with Gasteiger partial charge in [0.15, 0.2) is 11.5 Å². The Labute approximate surface area is 190 Å². The van der Waals surface area contributed by atoms with Crippen LogP contribution in [0.25, 0.3) is 0 Å². The molecule has 3 aromatic rings. The molecule has 0 aromatic heterocycles. The summed E-state index contributed by atoms with van der Waals surface area (Å²) in [4.78, 5) is 2.25. The van der Waals surface area contributed by atoms with Crippen LogP contribution in [-0.2, 0) is 19.1 Å². The van der Waals surface area contributed by atoms with Gasteiger partial charge in [0, 0.05) is 18.1 Å². The number of methoxy groups -OCH3 is 2. The molecule has 0 saturated heterocycles. The molecule has 0 bridgehead atoms. The first-order chi connectivity index (χ1) is 15.3. The number of alkyl halides is 3. The van der Waals surface area contributed by atoms with Crippen molar-refractivity contribution in [2.24, 2.45) is 0 Å². The number of fused-ring (bicyclic) bond motifs is 1. The molecule has 7 heteroatoms. The molecule has 0 spiro atoms. The lowest BCUT2D eigenvalue weighted by atomic mass is 9.87. The summed E-state index contributed by atoms with van der Waals surface area (Å²) in [7, 11) is 3.21. The third-order valence-corrected chi connectivity index (χ3v) is 6.04. The van der Waals surface area contributed by atoms with Gasteiger partial charge >= 0.3 is 6.18 Å². The number of rotatable bonds is 5. The molecule has 0 saturated carbocycles. The monoisotopic (exact) mass is 461 g/mol. The Morgan fingerprint density at radius 3 is 2.28 bits per heavy atom. The highest BCUT2D eigenvalue weighted by Gasteiger charge is 2.32. The first kappa shape index (κ1) is 22.5. The second-order valence-electron chi connectivity index (χ2n) is 7.78. The first-order valence-corrected chi connectivity index (χ1v) is 10.6. The minimum Gasteiger partial charge on any atom is -0.493 e. The lowest BCUT2D eigenvalue weighted by molar-refractivity contribution is -0.137. The van der Waals surface area contributed by atoms with Crippen LogP contribution < -0.4 is 9.47 Å². The molecule has 0 radical (unpaired) electrons. The Bertz CT molecular complexity index is 1100. The van der Waals surface area contributed by atoms with Crippen molar-refractivity contribution in [3.63, 3.8) is 0 Å². The van der Waals surface area contributed by atoms with Gasteiger partial charge in [-0.1, -0.05) is 35.9 Å². The van der Waals surface area contributed by atoms with Gasteiger partial charge in [0.1, 0.15) is 0 Å². The second kappa shape index (κ2) is 9.04. The average Bonchev–Trinajstić information content (AvgIpc) is 2.77. The van der Waals surface area contributed by atoms with Gasteiger partial charge in [0.25, 0.3) is 0 Å². The fourth-order valence-corrected chi connectivity index (χ4v) is 4.47. The van der Waals surface area contributed by atoms with Crippen molar-refractivity contribution in [1.29, 1.82) is 0 Å².